The van der Waals surface area contributed by atoms with Crippen molar-refractivity contribution in [3.63, 3.8) is 0 Å². The third-order valence-electron chi connectivity index (χ3n) is 8.19. The minimum Gasteiger partial charge on any atom is -0.370 e. The Bertz CT molecular complexity index is 921. The molecule has 7 rings (SSSR count). The molecule has 0 spiro atoms. The van der Waals surface area contributed by atoms with Gasteiger partial charge in [-0.3, -0.25) is 4.79 Å². The van der Waals surface area contributed by atoms with E-state index in [2.05, 4.69) is 15.5 Å². The lowest BCUT2D eigenvalue weighted by molar-refractivity contribution is -0.142. The van der Waals surface area contributed by atoms with E-state index in [0.717, 1.165) is 53.3 Å². The maximum Gasteiger partial charge on any atom is 0.319 e. The van der Waals surface area contributed by atoms with Gasteiger partial charge in [0.25, 0.3) is 0 Å². The molecule has 33 heavy (non-hydrogen) atoms. The average Bonchev–Trinajstić information content (AvgIpc) is 3.06. The van der Waals surface area contributed by atoms with Gasteiger partial charge in [-0.25, -0.2) is 4.79 Å². The Morgan fingerprint density at radius 2 is 1.88 bits per heavy atom. The van der Waals surface area contributed by atoms with Crippen LogP contribution in [-0.2, 0) is 9.53 Å². The molecule has 9 heteroatoms. The van der Waals surface area contributed by atoms with Crippen molar-refractivity contribution < 1.29 is 14.3 Å². The summed E-state index contributed by atoms with van der Waals surface area (Å²) >= 11 is 1.59. The Morgan fingerprint density at radius 3 is 2.58 bits per heavy atom. The lowest BCUT2D eigenvalue weighted by atomic mass is 9.53. The second kappa shape index (κ2) is 8.36. The topological polar surface area (TPSA) is 99.9 Å². The van der Waals surface area contributed by atoms with Gasteiger partial charge in [-0.05, 0) is 74.5 Å². The molecule has 1 unspecified atom stereocenters. The number of anilines is 2. The molecule has 2 heterocycles. The molecule has 8 nitrogen and oxygen atoms in total. The van der Waals surface area contributed by atoms with Gasteiger partial charge in [-0.1, -0.05) is 11.8 Å². The maximum absolute atomic E-state index is 12.9. The highest BCUT2D eigenvalue weighted by Crippen LogP contribution is 2.55. The fourth-order valence-electron chi connectivity index (χ4n) is 7.18. The van der Waals surface area contributed by atoms with Crippen LogP contribution in [0.3, 0.4) is 0 Å². The minimum absolute atomic E-state index is 0.000388. The molecule has 1 atom stereocenters. The van der Waals surface area contributed by atoms with Gasteiger partial charge in [0.1, 0.15) is 12.1 Å². The lowest BCUT2D eigenvalue weighted by Gasteiger charge is -2.56. The number of carbonyl (C=O) groups excluding carboxylic acids is 2. The fourth-order valence-corrected chi connectivity index (χ4v) is 8.29. The quantitative estimate of drug-likeness (QED) is 0.611. The Kier molecular flexibility index (Phi) is 5.46. The number of benzene rings is 1. The maximum atomic E-state index is 12.9. The summed E-state index contributed by atoms with van der Waals surface area (Å²) in [5, 5.41) is 6.46. The van der Waals surface area contributed by atoms with Crippen LogP contribution in [0.5, 0.6) is 0 Å². The van der Waals surface area contributed by atoms with Gasteiger partial charge in [-0.15, -0.1) is 0 Å². The summed E-state index contributed by atoms with van der Waals surface area (Å²) in [5.41, 5.74) is 8.03. The highest BCUT2D eigenvalue weighted by molar-refractivity contribution is 8.00. The van der Waals surface area contributed by atoms with Crippen molar-refractivity contribution in [1.82, 2.24) is 10.2 Å². The minimum atomic E-state index is -0.202. The van der Waals surface area contributed by atoms with Crippen molar-refractivity contribution in [2.45, 2.75) is 54.5 Å². The number of urea groups is 1. The first-order valence-electron chi connectivity index (χ1n) is 12.2. The van der Waals surface area contributed by atoms with Crippen LogP contribution in [0.2, 0.25) is 0 Å². The molecular weight excluding hydrogens is 438 g/mol. The van der Waals surface area contributed by atoms with Crippen LogP contribution in [0.15, 0.2) is 23.1 Å². The summed E-state index contributed by atoms with van der Waals surface area (Å²) in [6.07, 6.45) is 7.51. The third kappa shape index (κ3) is 4.19. The Labute approximate surface area is 198 Å². The van der Waals surface area contributed by atoms with Gasteiger partial charge in [0.05, 0.1) is 12.3 Å². The van der Waals surface area contributed by atoms with Crippen molar-refractivity contribution in [3.05, 3.63) is 18.2 Å². The lowest BCUT2D eigenvalue weighted by Crippen LogP contribution is -2.60. The number of carbonyl (C=O) groups is 2. The fraction of sp³-hybridized carbons (Fsp3) is 0.667. The number of nitrogens with zero attached hydrogens (tertiary/aromatic N) is 2. The van der Waals surface area contributed by atoms with Crippen molar-refractivity contribution in [1.29, 1.82) is 0 Å². The normalized spacial score (nSPS) is 34.5. The number of nitrogens with two attached hydrogens (primary N) is 1. The van der Waals surface area contributed by atoms with E-state index < -0.39 is 0 Å². The summed E-state index contributed by atoms with van der Waals surface area (Å²) in [7, 11) is 0. The van der Waals surface area contributed by atoms with Crippen molar-refractivity contribution in [3.8, 4) is 0 Å². The van der Waals surface area contributed by atoms with Crippen molar-refractivity contribution >= 4 is 35.1 Å². The number of hydrogen-bond acceptors (Lipinski definition) is 6. The molecule has 1 saturated heterocycles. The number of fused-ring (bicyclic) bond motifs is 1. The number of morpholine rings is 1. The molecule has 3 amide bonds. The third-order valence-corrected chi connectivity index (χ3v) is 9.27. The van der Waals surface area contributed by atoms with Crippen LogP contribution < -0.4 is 21.3 Å². The molecule has 4 aliphatic carbocycles. The Balaban J connectivity index is 1.08. The van der Waals surface area contributed by atoms with Gasteiger partial charge in [-0.2, -0.15) is 0 Å². The van der Waals surface area contributed by atoms with Gasteiger partial charge < -0.3 is 30.9 Å². The molecule has 6 aliphatic rings. The zero-order chi connectivity index (χ0) is 22.6. The first-order valence-corrected chi connectivity index (χ1v) is 13.1. The second-order valence-corrected chi connectivity index (χ2v) is 11.8. The second-order valence-electron chi connectivity index (χ2n) is 10.6. The molecule has 0 radical (unpaired) electrons. The van der Waals surface area contributed by atoms with Crippen LogP contribution in [-0.4, -0.2) is 60.7 Å². The number of amides is 3. The first kappa shape index (κ1) is 21.6. The van der Waals surface area contributed by atoms with Gasteiger partial charge in [0.2, 0.25) is 5.91 Å². The summed E-state index contributed by atoms with van der Waals surface area (Å²) in [6, 6.07) is 5.89. The summed E-state index contributed by atoms with van der Waals surface area (Å²) in [4.78, 5) is 29.9. The van der Waals surface area contributed by atoms with Crippen LogP contribution >= 0.6 is 11.8 Å². The predicted octanol–water partition coefficient (Wildman–Crippen LogP) is 2.79. The highest BCUT2D eigenvalue weighted by atomic mass is 32.2. The zero-order valence-electron chi connectivity index (χ0n) is 18.9. The van der Waals surface area contributed by atoms with Gasteiger partial charge >= 0.3 is 6.03 Å². The number of ether oxygens (including phenoxy) is 1. The van der Waals surface area contributed by atoms with Gasteiger partial charge in [0.15, 0.2) is 0 Å². The predicted molar refractivity (Wildman–Crippen MR) is 128 cm³/mol. The van der Waals surface area contributed by atoms with Crippen LogP contribution in [0.1, 0.15) is 38.5 Å². The summed E-state index contributed by atoms with van der Waals surface area (Å²) in [5.74, 6) is 2.43. The molecule has 1 aromatic carbocycles. The van der Waals surface area contributed by atoms with Gasteiger partial charge in [0, 0.05) is 35.8 Å². The molecule has 4 bridgehead atoms. The Hall–Kier alpha value is -1.97. The summed E-state index contributed by atoms with van der Waals surface area (Å²) < 4.78 is 5.21. The van der Waals surface area contributed by atoms with E-state index in [1.807, 2.05) is 23.1 Å². The van der Waals surface area contributed by atoms with E-state index in [-0.39, 0.29) is 29.6 Å². The van der Waals surface area contributed by atoms with E-state index >= 15 is 0 Å². The van der Waals surface area contributed by atoms with E-state index in [0.29, 0.717) is 26.2 Å². The largest absolute Gasteiger partial charge is 0.370 e. The Morgan fingerprint density at radius 1 is 1.15 bits per heavy atom. The molecule has 4 saturated carbocycles. The van der Waals surface area contributed by atoms with Crippen LogP contribution in [0, 0.1) is 17.8 Å². The van der Waals surface area contributed by atoms with Crippen LogP contribution in [0.25, 0.3) is 0 Å². The molecule has 1 aromatic rings. The highest BCUT2D eigenvalue weighted by Gasteiger charge is 2.51. The standard InChI is InChI=1S/C24H33N5O3S/c25-22-29(4-3-28-5-6-32-14-21(28)30)19-2-1-18(10-20(19)33-22)26-23(31)27-24-11-15-7-16(12-24)9-17(8-15)13-24/h1-2,10,15-17,22H,3-9,11-14,25H2,(H2,26,27,31). The van der Waals surface area contributed by atoms with E-state index in [9.17, 15) is 9.59 Å². The van der Waals surface area contributed by atoms with Crippen molar-refractivity contribution in [2.75, 3.05) is 43.1 Å². The average molecular weight is 472 g/mol. The molecule has 5 fully saturated rings. The molecule has 178 valence electrons. The smallest absolute Gasteiger partial charge is 0.319 e. The molecule has 2 aliphatic heterocycles. The molecular formula is C24H33N5O3S. The van der Waals surface area contributed by atoms with E-state index in [1.54, 1.807) is 11.8 Å². The molecule has 0 aromatic heterocycles. The first-order chi connectivity index (χ1) is 16.0. The molecule has 4 N–H and O–H groups in total. The summed E-state index contributed by atoms with van der Waals surface area (Å²) in [6.45, 7) is 2.68. The van der Waals surface area contributed by atoms with Crippen LogP contribution in [0.4, 0.5) is 16.2 Å². The number of thioether (sulfide) groups is 1. The monoisotopic (exact) mass is 471 g/mol. The zero-order valence-corrected chi connectivity index (χ0v) is 19.7. The van der Waals surface area contributed by atoms with Crippen molar-refractivity contribution in [2.24, 2.45) is 23.5 Å². The SMILES string of the molecule is NC1Sc2cc(NC(=O)NC34CC5CC(CC(C5)C3)C4)ccc2N1CCN1CCOCC1=O. The van der Waals surface area contributed by atoms with E-state index in [1.165, 1.54) is 19.3 Å². The van der Waals surface area contributed by atoms with E-state index in [4.69, 9.17) is 10.5 Å². The number of rotatable bonds is 5. The number of nitrogens with one attached hydrogen (secondary N) is 2. The number of hydrogen-bond donors (Lipinski definition) is 3.